The van der Waals surface area contributed by atoms with Crippen molar-refractivity contribution in [3.63, 3.8) is 0 Å². The first-order valence-electron chi connectivity index (χ1n) is 4.76. The van der Waals surface area contributed by atoms with E-state index in [1.807, 2.05) is 7.05 Å². The lowest BCUT2D eigenvalue weighted by Gasteiger charge is -2.08. The van der Waals surface area contributed by atoms with Crippen LogP contribution in [0.2, 0.25) is 5.02 Å². The van der Waals surface area contributed by atoms with Crippen molar-refractivity contribution in [3.8, 4) is 0 Å². The summed E-state index contributed by atoms with van der Waals surface area (Å²) >= 11 is 6.04. The molecule has 1 aromatic rings. The molecule has 1 N–H and O–H groups in total. The summed E-state index contributed by atoms with van der Waals surface area (Å²) in [5, 5.41) is 4.06. The summed E-state index contributed by atoms with van der Waals surface area (Å²) in [4.78, 5) is 0. The molecule has 0 fully saturated rings. The van der Waals surface area contributed by atoms with E-state index in [9.17, 15) is 0 Å². The number of rotatable bonds is 2. The predicted molar refractivity (Wildman–Crippen MR) is 56.2 cm³/mol. The normalized spacial score (nSPS) is 14.6. The van der Waals surface area contributed by atoms with Gasteiger partial charge in [0, 0.05) is 11.6 Å². The molecule has 0 saturated heterocycles. The Bertz CT molecular complexity index is 320. The van der Waals surface area contributed by atoms with E-state index in [4.69, 9.17) is 11.6 Å². The van der Waals surface area contributed by atoms with Crippen LogP contribution in [-0.4, -0.2) is 7.05 Å². The van der Waals surface area contributed by atoms with Crippen LogP contribution in [0.4, 0.5) is 0 Å². The van der Waals surface area contributed by atoms with Crippen molar-refractivity contribution in [2.75, 3.05) is 7.05 Å². The van der Waals surface area contributed by atoms with Crippen LogP contribution in [0.5, 0.6) is 0 Å². The molecule has 0 radical (unpaired) electrons. The zero-order valence-electron chi connectivity index (χ0n) is 7.86. The predicted octanol–water partition coefficient (Wildman–Crippen LogP) is 2.55. The molecule has 0 bridgehead atoms. The first-order valence-corrected chi connectivity index (χ1v) is 5.14. The van der Waals surface area contributed by atoms with Gasteiger partial charge in [0.25, 0.3) is 0 Å². The topological polar surface area (TPSA) is 12.0 Å². The molecule has 0 atom stereocenters. The Hall–Kier alpha value is -0.530. The van der Waals surface area contributed by atoms with Gasteiger partial charge in [-0.15, -0.1) is 0 Å². The lowest BCUT2D eigenvalue weighted by atomic mass is 10.0. The van der Waals surface area contributed by atoms with Crippen molar-refractivity contribution in [1.29, 1.82) is 0 Å². The third-order valence-electron chi connectivity index (χ3n) is 2.64. The van der Waals surface area contributed by atoms with Gasteiger partial charge in [-0.25, -0.2) is 0 Å². The second-order valence-corrected chi connectivity index (χ2v) is 4.02. The molecule has 0 unspecified atom stereocenters. The Morgan fingerprint density at radius 3 is 3.00 bits per heavy atom. The van der Waals surface area contributed by atoms with Crippen molar-refractivity contribution < 1.29 is 0 Å². The number of hydrogen-bond acceptors (Lipinski definition) is 1. The molecule has 1 aliphatic rings. The highest BCUT2D eigenvalue weighted by atomic mass is 35.5. The summed E-state index contributed by atoms with van der Waals surface area (Å²) in [6, 6.07) is 4.20. The monoisotopic (exact) mass is 195 g/mol. The third kappa shape index (κ3) is 1.72. The number of fused-ring (bicyclic) bond motifs is 1. The molecule has 1 nitrogen and oxygen atoms in total. The summed E-state index contributed by atoms with van der Waals surface area (Å²) < 4.78 is 0. The van der Waals surface area contributed by atoms with E-state index in [-0.39, 0.29) is 0 Å². The second-order valence-electron chi connectivity index (χ2n) is 3.59. The van der Waals surface area contributed by atoms with Gasteiger partial charge in [0.2, 0.25) is 0 Å². The molecular formula is C11H14ClN. The molecule has 0 aliphatic heterocycles. The molecule has 1 aromatic carbocycles. The standard InChI is InChI=1S/C11H14ClN/c1-13-7-9-6-10(12)5-8-3-2-4-11(8)9/h5-6,13H,2-4,7H2,1H3. The Kier molecular flexibility index (Phi) is 2.56. The lowest BCUT2D eigenvalue weighted by Crippen LogP contribution is -2.07. The van der Waals surface area contributed by atoms with Gasteiger partial charge in [-0.3, -0.25) is 0 Å². The van der Waals surface area contributed by atoms with Gasteiger partial charge in [-0.1, -0.05) is 11.6 Å². The summed E-state index contributed by atoms with van der Waals surface area (Å²) in [5.41, 5.74) is 4.36. The highest BCUT2D eigenvalue weighted by molar-refractivity contribution is 6.30. The lowest BCUT2D eigenvalue weighted by molar-refractivity contribution is 0.804. The number of hydrogen-bond donors (Lipinski definition) is 1. The third-order valence-corrected chi connectivity index (χ3v) is 2.86. The molecule has 0 spiro atoms. The van der Waals surface area contributed by atoms with Gasteiger partial charge in [0.1, 0.15) is 0 Å². The minimum absolute atomic E-state index is 0.880. The number of benzene rings is 1. The van der Waals surface area contributed by atoms with Crippen molar-refractivity contribution in [2.24, 2.45) is 0 Å². The van der Waals surface area contributed by atoms with Gasteiger partial charge in [-0.05, 0) is 55.1 Å². The van der Waals surface area contributed by atoms with Gasteiger partial charge in [0.15, 0.2) is 0 Å². The van der Waals surface area contributed by atoms with Gasteiger partial charge in [-0.2, -0.15) is 0 Å². The Labute approximate surface area is 84.1 Å². The molecule has 70 valence electrons. The molecule has 0 aromatic heterocycles. The van der Waals surface area contributed by atoms with Crippen LogP contribution < -0.4 is 5.32 Å². The minimum atomic E-state index is 0.880. The fourth-order valence-electron chi connectivity index (χ4n) is 2.10. The number of halogens is 1. The zero-order chi connectivity index (χ0) is 9.26. The van der Waals surface area contributed by atoms with Crippen molar-refractivity contribution in [3.05, 3.63) is 33.8 Å². The van der Waals surface area contributed by atoms with Gasteiger partial charge < -0.3 is 5.32 Å². The SMILES string of the molecule is CNCc1cc(Cl)cc2c1CCC2. The van der Waals surface area contributed by atoms with E-state index < -0.39 is 0 Å². The van der Waals surface area contributed by atoms with Gasteiger partial charge >= 0.3 is 0 Å². The first kappa shape index (κ1) is 9.04. The smallest absolute Gasteiger partial charge is 0.0412 e. The fourth-order valence-corrected chi connectivity index (χ4v) is 2.37. The van der Waals surface area contributed by atoms with Crippen molar-refractivity contribution in [1.82, 2.24) is 5.32 Å². The van der Waals surface area contributed by atoms with Crippen molar-refractivity contribution in [2.45, 2.75) is 25.8 Å². The average molecular weight is 196 g/mol. The minimum Gasteiger partial charge on any atom is -0.316 e. The average Bonchev–Trinajstić information content (AvgIpc) is 2.52. The molecular weight excluding hydrogens is 182 g/mol. The second kappa shape index (κ2) is 3.69. The largest absolute Gasteiger partial charge is 0.316 e. The maximum absolute atomic E-state index is 6.04. The Morgan fingerprint density at radius 2 is 2.23 bits per heavy atom. The summed E-state index contributed by atoms with van der Waals surface area (Å²) in [6.07, 6.45) is 3.71. The van der Waals surface area contributed by atoms with E-state index >= 15 is 0 Å². The highest BCUT2D eigenvalue weighted by Crippen LogP contribution is 2.28. The molecule has 0 amide bonds. The molecule has 0 saturated carbocycles. The fraction of sp³-hybridized carbons (Fsp3) is 0.455. The van der Waals surface area contributed by atoms with Crippen LogP contribution in [0.1, 0.15) is 23.1 Å². The van der Waals surface area contributed by atoms with E-state index in [2.05, 4.69) is 17.4 Å². The molecule has 13 heavy (non-hydrogen) atoms. The zero-order valence-corrected chi connectivity index (χ0v) is 8.62. The van der Waals surface area contributed by atoms with Crippen LogP contribution in [-0.2, 0) is 19.4 Å². The molecule has 2 rings (SSSR count). The van der Waals surface area contributed by atoms with Gasteiger partial charge in [0.05, 0.1) is 0 Å². The van der Waals surface area contributed by atoms with E-state index in [1.54, 1.807) is 0 Å². The van der Waals surface area contributed by atoms with E-state index in [1.165, 1.54) is 36.0 Å². The van der Waals surface area contributed by atoms with Crippen LogP contribution in [0.3, 0.4) is 0 Å². The van der Waals surface area contributed by atoms with E-state index in [0.29, 0.717) is 0 Å². The van der Waals surface area contributed by atoms with Crippen molar-refractivity contribution >= 4 is 11.6 Å². The van der Waals surface area contributed by atoms with Crippen LogP contribution in [0.15, 0.2) is 12.1 Å². The maximum atomic E-state index is 6.04. The van der Waals surface area contributed by atoms with Crippen LogP contribution in [0, 0.1) is 0 Å². The highest BCUT2D eigenvalue weighted by Gasteiger charge is 2.14. The quantitative estimate of drug-likeness (QED) is 0.765. The Balaban J connectivity index is 2.43. The maximum Gasteiger partial charge on any atom is 0.0412 e. The van der Waals surface area contributed by atoms with E-state index in [0.717, 1.165) is 11.6 Å². The Morgan fingerprint density at radius 1 is 1.38 bits per heavy atom. The number of nitrogens with one attached hydrogen (secondary N) is 1. The summed E-state index contributed by atoms with van der Waals surface area (Å²) in [5.74, 6) is 0. The molecule has 0 heterocycles. The van der Waals surface area contributed by atoms with Crippen LogP contribution in [0.25, 0.3) is 0 Å². The first-order chi connectivity index (χ1) is 6.31. The molecule has 1 aliphatic carbocycles. The summed E-state index contributed by atoms with van der Waals surface area (Å²) in [6.45, 7) is 0.933. The van der Waals surface area contributed by atoms with Crippen LogP contribution >= 0.6 is 11.6 Å². The number of aryl methyl sites for hydroxylation is 1. The summed E-state index contributed by atoms with van der Waals surface area (Å²) in [7, 11) is 1.97. The molecule has 2 heteroatoms.